The third-order valence-corrected chi connectivity index (χ3v) is 4.81. The lowest BCUT2D eigenvalue weighted by molar-refractivity contribution is -0.138. The molecule has 2 aliphatic rings. The number of ketones is 1. The second kappa shape index (κ2) is 7.23. The number of benzene rings is 1. The largest absolute Gasteiger partial charge is 0.504 e. The summed E-state index contributed by atoms with van der Waals surface area (Å²) >= 11 is 0. The Morgan fingerprint density at radius 1 is 1.35 bits per heavy atom. The van der Waals surface area contributed by atoms with Crippen LogP contribution in [0.2, 0.25) is 0 Å². The molecular weight excluding hydrogens is 334 g/mol. The highest BCUT2D eigenvalue weighted by molar-refractivity contribution is 6.03. The smallest absolute Gasteiger partial charge is 0.336 e. The maximum absolute atomic E-state index is 12.7. The molecule has 1 aromatic carbocycles. The predicted octanol–water partition coefficient (Wildman–Crippen LogP) is 2.93. The fourth-order valence-corrected chi connectivity index (χ4v) is 3.68. The number of Topliss-reactive ketones (excluding diaryl/α,β-unsaturated/α-hetero) is 1. The van der Waals surface area contributed by atoms with E-state index in [9.17, 15) is 14.7 Å². The van der Waals surface area contributed by atoms with Crippen molar-refractivity contribution in [2.45, 2.75) is 39.0 Å². The van der Waals surface area contributed by atoms with Gasteiger partial charge in [-0.15, -0.1) is 0 Å². The van der Waals surface area contributed by atoms with E-state index in [0.717, 1.165) is 18.5 Å². The zero-order valence-electron chi connectivity index (χ0n) is 15.2. The number of carbonyl (C=O) groups excluding carboxylic acids is 2. The first-order valence-electron chi connectivity index (χ1n) is 8.76. The molecule has 6 heteroatoms. The number of hydrogen-bond acceptors (Lipinski definition) is 6. The number of phenolic OH excluding ortho intramolecular Hbond substituents is 1. The molecule has 1 aliphatic heterocycles. The molecule has 0 spiro atoms. The second-order valence-electron chi connectivity index (χ2n) is 6.42. The number of dihydropyridines is 1. The predicted molar refractivity (Wildman–Crippen MR) is 95.8 cm³/mol. The Hall–Kier alpha value is -2.76. The number of nitrogens with one attached hydrogen (secondary N) is 1. The van der Waals surface area contributed by atoms with Crippen molar-refractivity contribution in [2.24, 2.45) is 0 Å². The van der Waals surface area contributed by atoms with Gasteiger partial charge in [0, 0.05) is 29.3 Å². The maximum Gasteiger partial charge on any atom is 0.336 e. The fraction of sp³-hybridized carbons (Fsp3) is 0.400. The molecule has 3 rings (SSSR count). The standard InChI is InChI=1S/C20H23NO5/c1-4-26-20(24)17-11(2)21-13-6-5-7-14(22)19(13)18(17)12-8-9-16(25-3)15(23)10-12/h8-10,18,21,23H,4-7H2,1-3H3/t18-/m0/s1. The number of phenols is 1. The Balaban J connectivity index is 2.17. The van der Waals surface area contributed by atoms with Crippen molar-refractivity contribution in [1.82, 2.24) is 5.32 Å². The molecule has 0 amide bonds. The van der Waals surface area contributed by atoms with Crippen molar-refractivity contribution in [2.75, 3.05) is 13.7 Å². The molecule has 138 valence electrons. The Bertz CT molecular complexity index is 821. The lowest BCUT2D eigenvalue weighted by Gasteiger charge is -2.34. The quantitative estimate of drug-likeness (QED) is 0.806. The van der Waals surface area contributed by atoms with Crippen LogP contribution in [0.4, 0.5) is 0 Å². The van der Waals surface area contributed by atoms with E-state index in [0.29, 0.717) is 34.6 Å². The number of esters is 1. The number of hydrogen-bond donors (Lipinski definition) is 2. The monoisotopic (exact) mass is 357 g/mol. The molecular formula is C20H23NO5. The van der Waals surface area contributed by atoms with Gasteiger partial charge in [-0.3, -0.25) is 4.79 Å². The van der Waals surface area contributed by atoms with E-state index in [1.54, 1.807) is 25.1 Å². The maximum atomic E-state index is 12.7. The molecule has 26 heavy (non-hydrogen) atoms. The highest BCUT2D eigenvalue weighted by Crippen LogP contribution is 2.44. The van der Waals surface area contributed by atoms with Gasteiger partial charge in [-0.25, -0.2) is 4.79 Å². The summed E-state index contributed by atoms with van der Waals surface area (Å²) < 4.78 is 10.3. The lowest BCUT2D eigenvalue weighted by atomic mass is 9.75. The molecule has 1 atom stereocenters. The van der Waals surface area contributed by atoms with Crippen molar-refractivity contribution in [3.8, 4) is 11.5 Å². The van der Waals surface area contributed by atoms with Gasteiger partial charge in [-0.2, -0.15) is 0 Å². The van der Waals surface area contributed by atoms with Crippen LogP contribution in [0.3, 0.4) is 0 Å². The van der Waals surface area contributed by atoms with Crippen LogP contribution >= 0.6 is 0 Å². The molecule has 2 N–H and O–H groups in total. The van der Waals surface area contributed by atoms with Gasteiger partial charge in [-0.1, -0.05) is 6.07 Å². The summed E-state index contributed by atoms with van der Waals surface area (Å²) in [5, 5.41) is 13.4. The zero-order valence-corrected chi connectivity index (χ0v) is 15.2. The number of ether oxygens (including phenoxy) is 2. The van der Waals surface area contributed by atoms with Crippen LogP contribution in [0.25, 0.3) is 0 Å². The van der Waals surface area contributed by atoms with Crippen LogP contribution in [0.15, 0.2) is 40.7 Å². The molecule has 0 bridgehead atoms. The number of rotatable bonds is 4. The van der Waals surface area contributed by atoms with Crippen LogP contribution in [-0.4, -0.2) is 30.6 Å². The molecule has 0 aromatic heterocycles. The molecule has 1 heterocycles. The molecule has 0 radical (unpaired) electrons. The van der Waals surface area contributed by atoms with Gasteiger partial charge < -0.3 is 19.9 Å². The van der Waals surface area contributed by atoms with E-state index >= 15 is 0 Å². The molecule has 0 saturated heterocycles. The summed E-state index contributed by atoms with van der Waals surface area (Å²) in [6.07, 6.45) is 1.99. The summed E-state index contributed by atoms with van der Waals surface area (Å²) in [4.78, 5) is 25.3. The molecule has 1 aromatic rings. The lowest BCUT2D eigenvalue weighted by Crippen LogP contribution is -2.34. The number of carbonyl (C=O) groups is 2. The van der Waals surface area contributed by atoms with Crippen molar-refractivity contribution >= 4 is 11.8 Å². The van der Waals surface area contributed by atoms with Gasteiger partial charge in [0.2, 0.25) is 0 Å². The highest BCUT2D eigenvalue weighted by Gasteiger charge is 2.39. The van der Waals surface area contributed by atoms with E-state index in [1.165, 1.54) is 7.11 Å². The number of methoxy groups -OCH3 is 1. The Labute approximate surface area is 152 Å². The van der Waals surface area contributed by atoms with Crippen LogP contribution in [0, 0.1) is 0 Å². The van der Waals surface area contributed by atoms with Gasteiger partial charge in [0.15, 0.2) is 17.3 Å². The summed E-state index contributed by atoms with van der Waals surface area (Å²) in [5.41, 5.74) is 3.19. The summed E-state index contributed by atoms with van der Waals surface area (Å²) in [6, 6.07) is 4.96. The Kier molecular flexibility index (Phi) is 5.02. The second-order valence-corrected chi connectivity index (χ2v) is 6.42. The molecule has 0 saturated carbocycles. The topological polar surface area (TPSA) is 84.9 Å². The minimum absolute atomic E-state index is 0.0216. The van der Waals surface area contributed by atoms with Gasteiger partial charge >= 0.3 is 5.97 Å². The van der Waals surface area contributed by atoms with Crippen LogP contribution in [-0.2, 0) is 14.3 Å². The first-order valence-corrected chi connectivity index (χ1v) is 8.76. The third-order valence-electron chi connectivity index (χ3n) is 4.81. The van der Waals surface area contributed by atoms with Crippen molar-refractivity contribution in [3.63, 3.8) is 0 Å². The first-order chi connectivity index (χ1) is 12.5. The van der Waals surface area contributed by atoms with Gasteiger partial charge in [0.1, 0.15) is 0 Å². The number of aromatic hydroxyl groups is 1. The minimum Gasteiger partial charge on any atom is -0.504 e. The van der Waals surface area contributed by atoms with Crippen LogP contribution in [0.5, 0.6) is 11.5 Å². The molecule has 0 unspecified atom stereocenters. The van der Waals surface area contributed by atoms with Gasteiger partial charge in [-0.05, 0) is 44.4 Å². The summed E-state index contributed by atoms with van der Waals surface area (Å²) in [5.74, 6) is -0.689. The average molecular weight is 357 g/mol. The van der Waals surface area contributed by atoms with E-state index in [1.807, 2.05) is 6.92 Å². The van der Waals surface area contributed by atoms with E-state index in [2.05, 4.69) is 5.32 Å². The van der Waals surface area contributed by atoms with Crippen LogP contribution in [0.1, 0.15) is 44.6 Å². The molecule has 6 nitrogen and oxygen atoms in total. The van der Waals surface area contributed by atoms with E-state index < -0.39 is 11.9 Å². The van der Waals surface area contributed by atoms with Gasteiger partial charge in [0.25, 0.3) is 0 Å². The summed E-state index contributed by atoms with van der Waals surface area (Å²) in [6.45, 7) is 3.80. The SMILES string of the molecule is CCOC(=O)C1=C(C)NC2=C(C(=O)CCC2)[C@H]1c1ccc(OC)c(O)c1. The third kappa shape index (κ3) is 3.07. The fourth-order valence-electron chi connectivity index (χ4n) is 3.68. The Morgan fingerprint density at radius 3 is 2.77 bits per heavy atom. The van der Waals surface area contributed by atoms with Crippen molar-refractivity contribution in [3.05, 3.63) is 46.3 Å². The summed E-state index contributed by atoms with van der Waals surface area (Å²) in [7, 11) is 1.47. The van der Waals surface area contributed by atoms with Crippen molar-refractivity contribution in [1.29, 1.82) is 0 Å². The van der Waals surface area contributed by atoms with Gasteiger partial charge in [0.05, 0.1) is 19.3 Å². The van der Waals surface area contributed by atoms with Crippen molar-refractivity contribution < 1.29 is 24.2 Å². The zero-order chi connectivity index (χ0) is 18.8. The molecule has 0 fully saturated rings. The van der Waals surface area contributed by atoms with Crippen LogP contribution < -0.4 is 10.1 Å². The minimum atomic E-state index is -0.560. The average Bonchev–Trinajstić information content (AvgIpc) is 2.60. The van der Waals surface area contributed by atoms with E-state index in [4.69, 9.17) is 9.47 Å². The highest BCUT2D eigenvalue weighted by atomic mass is 16.5. The molecule has 1 aliphatic carbocycles. The first kappa shape index (κ1) is 18.0. The Morgan fingerprint density at radius 2 is 2.12 bits per heavy atom. The van der Waals surface area contributed by atoms with E-state index in [-0.39, 0.29) is 18.1 Å². The number of allylic oxidation sites excluding steroid dienone is 3. The normalized spacial score (nSPS) is 19.8.